The van der Waals surface area contributed by atoms with E-state index in [9.17, 15) is 26.4 Å². The van der Waals surface area contributed by atoms with Gasteiger partial charge in [0.15, 0.2) is 0 Å². The van der Waals surface area contributed by atoms with Crippen LogP contribution in [0.1, 0.15) is 11.1 Å². The molecule has 8 nitrogen and oxygen atoms in total. The summed E-state index contributed by atoms with van der Waals surface area (Å²) in [6, 6.07) is 8.71. The standard InChI is InChI=1S/C19H20F3N3O5S/c1-29-15-7-8-16(17(10-15)30-2)25(31(3,27)28)12-18(26)24-23-11-13-5-4-6-14(9-13)19(20,21)22/h4-11H,12H2,1-3H3,(H,24,26)/b23-11-. The van der Waals surface area contributed by atoms with E-state index in [0.717, 1.165) is 28.9 Å². The Kier molecular flexibility index (Phi) is 7.50. The molecule has 0 atom stereocenters. The predicted octanol–water partition coefficient (Wildman–Crippen LogP) is 2.64. The average molecular weight is 459 g/mol. The number of methoxy groups -OCH3 is 2. The van der Waals surface area contributed by atoms with Gasteiger partial charge in [-0.05, 0) is 29.8 Å². The Bertz CT molecular complexity index is 1070. The first kappa shape index (κ1) is 24.0. The average Bonchev–Trinajstić information content (AvgIpc) is 2.70. The number of nitrogens with one attached hydrogen (secondary N) is 1. The number of benzene rings is 2. The number of anilines is 1. The van der Waals surface area contributed by atoms with E-state index in [1.807, 2.05) is 0 Å². The number of nitrogens with zero attached hydrogens (tertiary/aromatic N) is 2. The number of ether oxygens (including phenoxy) is 2. The largest absolute Gasteiger partial charge is 0.497 e. The molecular formula is C19H20F3N3O5S. The van der Waals surface area contributed by atoms with E-state index in [1.165, 1.54) is 44.6 Å². The Morgan fingerprint density at radius 2 is 1.87 bits per heavy atom. The third kappa shape index (κ3) is 6.60. The lowest BCUT2D eigenvalue weighted by Gasteiger charge is -2.23. The summed E-state index contributed by atoms with van der Waals surface area (Å²) in [7, 11) is -1.13. The van der Waals surface area contributed by atoms with Crippen LogP contribution in [0.5, 0.6) is 11.5 Å². The smallest absolute Gasteiger partial charge is 0.416 e. The van der Waals surface area contributed by atoms with E-state index in [2.05, 4.69) is 10.5 Å². The van der Waals surface area contributed by atoms with Gasteiger partial charge in [-0.2, -0.15) is 18.3 Å². The summed E-state index contributed by atoms with van der Waals surface area (Å²) in [5.74, 6) is -0.235. The van der Waals surface area contributed by atoms with Crippen molar-refractivity contribution in [2.75, 3.05) is 31.3 Å². The maximum Gasteiger partial charge on any atom is 0.416 e. The lowest BCUT2D eigenvalue weighted by molar-refractivity contribution is -0.137. The predicted molar refractivity (Wildman–Crippen MR) is 109 cm³/mol. The van der Waals surface area contributed by atoms with Crippen LogP contribution in [-0.2, 0) is 21.0 Å². The minimum absolute atomic E-state index is 0.0998. The van der Waals surface area contributed by atoms with Gasteiger partial charge in [-0.15, -0.1) is 0 Å². The maximum absolute atomic E-state index is 12.7. The lowest BCUT2D eigenvalue weighted by atomic mass is 10.1. The Morgan fingerprint density at radius 1 is 1.16 bits per heavy atom. The van der Waals surface area contributed by atoms with Crippen molar-refractivity contribution in [3.8, 4) is 11.5 Å². The second kappa shape index (κ2) is 9.69. The molecule has 0 radical (unpaired) electrons. The number of amides is 1. The van der Waals surface area contributed by atoms with Gasteiger partial charge in [-0.3, -0.25) is 9.10 Å². The highest BCUT2D eigenvalue weighted by molar-refractivity contribution is 7.92. The summed E-state index contributed by atoms with van der Waals surface area (Å²) in [6.45, 7) is -0.637. The number of carbonyl (C=O) groups excluding carboxylic acids is 1. The topological polar surface area (TPSA) is 97.3 Å². The third-order valence-electron chi connectivity index (χ3n) is 3.96. The summed E-state index contributed by atoms with van der Waals surface area (Å²) in [5, 5.41) is 3.60. The normalized spacial score (nSPS) is 11.9. The molecule has 0 aliphatic rings. The zero-order valence-corrected chi connectivity index (χ0v) is 17.6. The first-order valence-electron chi connectivity index (χ1n) is 8.64. The molecule has 2 rings (SSSR count). The fourth-order valence-corrected chi connectivity index (χ4v) is 3.37. The van der Waals surface area contributed by atoms with Crippen molar-refractivity contribution < 1.29 is 35.9 Å². The highest BCUT2D eigenvalue weighted by Crippen LogP contribution is 2.33. The molecule has 12 heteroatoms. The molecule has 0 aliphatic carbocycles. The monoisotopic (exact) mass is 459 g/mol. The van der Waals surface area contributed by atoms with E-state index in [4.69, 9.17) is 9.47 Å². The van der Waals surface area contributed by atoms with Crippen LogP contribution < -0.4 is 19.2 Å². The quantitative estimate of drug-likeness (QED) is 0.484. The second-order valence-corrected chi connectivity index (χ2v) is 8.13. The van der Waals surface area contributed by atoms with Crippen molar-refractivity contribution in [3.63, 3.8) is 0 Å². The number of alkyl halides is 3. The van der Waals surface area contributed by atoms with Crippen LogP contribution in [0.4, 0.5) is 18.9 Å². The zero-order chi connectivity index (χ0) is 23.2. The Hall–Kier alpha value is -3.28. The highest BCUT2D eigenvalue weighted by atomic mass is 32.2. The van der Waals surface area contributed by atoms with Gasteiger partial charge in [0.2, 0.25) is 10.0 Å². The van der Waals surface area contributed by atoms with Crippen molar-refractivity contribution in [1.82, 2.24) is 5.43 Å². The molecule has 0 aliphatic heterocycles. The fourth-order valence-electron chi connectivity index (χ4n) is 2.51. The summed E-state index contributed by atoms with van der Waals surface area (Å²) >= 11 is 0. The molecule has 1 amide bonds. The summed E-state index contributed by atoms with van der Waals surface area (Å²) < 4.78 is 73.8. The van der Waals surface area contributed by atoms with Crippen molar-refractivity contribution in [2.24, 2.45) is 5.10 Å². The van der Waals surface area contributed by atoms with Crippen molar-refractivity contribution >= 4 is 27.8 Å². The van der Waals surface area contributed by atoms with Gasteiger partial charge in [0.25, 0.3) is 5.91 Å². The molecular weight excluding hydrogens is 439 g/mol. The van der Waals surface area contributed by atoms with E-state index in [0.29, 0.717) is 5.75 Å². The van der Waals surface area contributed by atoms with Crippen LogP contribution in [0.25, 0.3) is 0 Å². The SMILES string of the molecule is COc1ccc(N(CC(=O)N/N=C\c2cccc(C(F)(F)F)c2)S(C)(=O)=O)c(OC)c1. The van der Waals surface area contributed by atoms with Crippen LogP contribution in [0.3, 0.4) is 0 Å². The molecule has 0 spiro atoms. The molecule has 1 N–H and O–H groups in total. The Balaban J connectivity index is 2.17. The maximum atomic E-state index is 12.7. The van der Waals surface area contributed by atoms with Crippen LogP contribution >= 0.6 is 0 Å². The minimum atomic E-state index is -4.51. The summed E-state index contributed by atoms with van der Waals surface area (Å²) in [6.07, 6.45) is -2.58. The summed E-state index contributed by atoms with van der Waals surface area (Å²) in [5.41, 5.74) is 1.44. The number of hydrazone groups is 1. The van der Waals surface area contributed by atoms with E-state index in [-0.39, 0.29) is 17.0 Å². The molecule has 2 aromatic rings. The minimum Gasteiger partial charge on any atom is -0.497 e. The third-order valence-corrected chi connectivity index (χ3v) is 5.09. The fraction of sp³-hybridized carbons (Fsp3) is 0.263. The highest BCUT2D eigenvalue weighted by Gasteiger charge is 2.30. The molecule has 0 saturated carbocycles. The van der Waals surface area contributed by atoms with Crippen LogP contribution in [0.15, 0.2) is 47.6 Å². The van der Waals surface area contributed by atoms with Gasteiger partial charge in [0.1, 0.15) is 18.0 Å². The van der Waals surface area contributed by atoms with E-state index >= 15 is 0 Å². The molecule has 0 bridgehead atoms. The van der Waals surface area contributed by atoms with Crippen molar-refractivity contribution in [3.05, 3.63) is 53.6 Å². The van der Waals surface area contributed by atoms with E-state index in [1.54, 1.807) is 0 Å². The first-order chi connectivity index (χ1) is 14.5. The molecule has 0 aromatic heterocycles. The second-order valence-electron chi connectivity index (χ2n) is 6.22. The molecule has 0 fully saturated rings. The lowest BCUT2D eigenvalue weighted by Crippen LogP contribution is -2.39. The number of sulfonamides is 1. The number of rotatable bonds is 8. The number of halogens is 3. The van der Waals surface area contributed by atoms with Gasteiger partial charge in [-0.25, -0.2) is 13.8 Å². The van der Waals surface area contributed by atoms with Crippen LogP contribution in [0, 0.1) is 0 Å². The molecule has 0 saturated heterocycles. The summed E-state index contributed by atoms with van der Waals surface area (Å²) in [4.78, 5) is 12.2. The first-order valence-corrected chi connectivity index (χ1v) is 10.5. The molecule has 168 valence electrons. The van der Waals surface area contributed by atoms with Crippen molar-refractivity contribution in [1.29, 1.82) is 0 Å². The van der Waals surface area contributed by atoms with Crippen molar-refractivity contribution in [2.45, 2.75) is 6.18 Å². The number of hydrogen-bond donors (Lipinski definition) is 1. The Labute approximate surface area is 177 Å². The Morgan fingerprint density at radius 3 is 2.45 bits per heavy atom. The molecule has 0 unspecified atom stereocenters. The van der Waals surface area contributed by atoms with Gasteiger partial charge < -0.3 is 9.47 Å². The number of hydrogen-bond acceptors (Lipinski definition) is 6. The van der Waals surface area contributed by atoms with Gasteiger partial charge in [0.05, 0.1) is 37.9 Å². The van der Waals surface area contributed by atoms with Crippen LogP contribution in [0.2, 0.25) is 0 Å². The van der Waals surface area contributed by atoms with Crippen LogP contribution in [-0.4, -0.2) is 47.6 Å². The molecule has 2 aromatic carbocycles. The molecule has 0 heterocycles. The van der Waals surface area contributed by atoms with Gasteiger partial charge >= 0.3 is 6.18 Å². The van der Waals surface area contributed by atoms with E-state index < -0.39 is 34.2 Å². The number of carbonyl (C=O) groups is 1. The van der Waals surface area contributed by atoms with Gasteiger partial charge in [0, 0.05) is 6.07 Å². The van der Waals surface area contributed by atoms with Gasteiger partial charge in [-0.1, -0.05) is 12.1 Å². The molecule has 31 heavy (non-hydrogen) atoms. The zero-order valence-electron chi connectivity index (χ0n) is 16.8.